The van der Waals surface area contributed by atoms with Crippen molar-refractivity contribution in [3.8, 4) is 0 Å². The van der Waals surface area contributed by atoms with Gasteiger partial charge in [-0.25, -0.2) is 0 Å². The molecule has 15 heavy (non-hydrogen) atoms. The minimum absolute atomic E-state index is 0.383. The number of rotatable bonds is 4. The normalized spacial score (nSPS) is 14.4. The Morgan fingerprint density at radius 2 is 1.93 bits per heavy atom. The minimum atomic E-state index is -1.12. The van der Waals surface area contributed by atoms with E-state index in [0.29, 0.717) is 12.4 Å². The third-order valence-corrected chi connectivity index (χ3v) is 2.48. The number of ether oxygens (including phenoxy) is 1. The molecule has 0 aromatic heterocycles. The van der Waals surface area contributed by atoms with E-state index >= 15 is 0 Å². The molecule has 0 fully saturated rings. The van der Waals surface area contributed by atoms with Crippen LogP contribution in [0, 0.1) is 6.92 Å². The van der Waals surface area contributed by atoms with Crippen LogP contribution >= 0.6 is 0 Å². The Bertz CT molecular complexity index is 336. The Hall–Kier alpha value is -1.28. The second-order valence-corrected chi connectivity index (χ2v) is 3.79. The molecule has 1 aromatic rings. The minimum Gasteiger partial charge on any atom is -0.495 e. The lowest BCUT2D eigenvalue weighted by Crippen LogP contribution is -2.25. The van der Waals surface area contributed by atoms with Crippen LogP contribution in [0.5, 0.6) is 0 Å². The first-order chi connectivity index (χ1) is 6.98. The van der Waals surface area contributed by atoms with Crippen LogP contribution in [-0.2, 0) is 10.3 Å². The topological polar surface area (TPSA) is 29.5 Å². The van der Waals surface area contributed by atoms with Crippen molar-refractivity contribution in [2.75, 3.05) is 6.61 Å². The molecule has 2 nitrogen and oxygen atoms in total. The highest BCUT2D eigenvalue weighted by Gasteiger charge is 2.27. The van der Waals surface area contributed by atoms with Gasteiger partial charge < -0.3 is 9.84 Å². The van der Waals surface area contributed by atoms with E-state index in [1.807, 2.05) is 38.1 Å². The molecular weight excluding hydrogens is 188 g/mol. The zero-order valence-electron chi connectivity index (χ0n) is 9.58. The van der Waals surface area contributed by atoms with Gasteiger partial charge in [-0.15, -0.1) is 0 Å². The summed E-state index contributed by atoms with van der Waals surface area (Å²) >= 11 is 0. The summed E-state index contributed by atoms with van der Waals surface area (Å²) in [6.07, 6.45) is 0. The molecule has 1 N–H and O–H groups in total. The second kappa shape index (κ2) is 4.49. The van der Waals surface area contributed by atoms with Crippen molar-refractivity contribution < 1.29 is 9.84 Å². The maximum Gasteiger partial charge on any atom is 0.143 e. The maximum atomic E-state index is 10.3. The van der Waals surface area contributed by atoms with Crippen molar-refractivity contribution in [3.63, 3.8) is 0 Å². The molecule has 1 atom stereocenters. The van der Waals surface area contributed by atoms with Gasteiger partial charge >= 0.3 is 0 Å². The third-order valence-electron chi connectivity index (χ3n) is 2.48. The van der Waals surface area contributed by atoms with Crippen LogP contribution in [-0.4, -0.2) is 11.7 Å². The van der Waals surface area contributed by atoms with Gasteiger partial charge in [0.05, 0.1) is 6.61 Å². The Kier molecular flexibility index (Phi) is 3.53. The van der Waals surface area contributed by atoms with Crippen molar-refractivity contribution >= 4 is 0 Å². The molecule has 1 unspecified atom stereocenters. The lowest BCUT2D eigenvalue weighted by atomic mass is 9.94. The summed E-state index contributed by atoms with van der Waals surface area (Å²) < 4.78 is 5.25. The highest BCUT2D eigenvalue weighted by Crippen LogP contribution is 2.28. The van der Waals surface area contributed by atoms with Crippen molar-refractivity contribution in [2.45, 2.75) is 26.4 Å². The van der Waals surface area contributed by atoms with E-state index in [-0.39, 0.29) is 0 Å². The van der Waals surface area contributed by atoms with Gasteiger partial charge in [0, 0.05) is 0 Å². The SMILES string of the molecule is C=C(OCC)C(C)(O)c1ccc(C)cc1. The van der Waals surface area contributed by atoms with Crippen LogP contribution in [0.1, 0.15) is 25.0 Å². The molecule has 0 heterocycles. The van der Waals surface area contributed by atoms with Gasteiger partial charge in [0.1, 0.15) is 11.4 Å². The van der Waals surface area contributed by atoms with E-state index in [0.717, 1.165) is 11.1 Å². The summed E-state index contributed by atoms with van der Waals surface area (Å²) in [7, 11) is 0. The van der Waals surface area contributed by atoms with Crippen LogP contribution in [0.25, 0.3) is 0 Å². The molecular formula is C13H18O2. The van der Waals surface area contributed by atoms with Gasteiger partial charge in [0.2, 0.25) is 0 Å². The molecule has 0 aliphatic carbocycles. The predicted molar refractivity (Wildman–Crippen MR) is 61.5 cm³/mol. The highest BCUT2D eigenvalue weighted by molar-refractivity contribution is 5.30. The molecule has 82 valence electrons. The van der Waals surface area contributed by atoms with Crippen molar-refractivity contribution in [1.29, 1.82) is 0 Å². The van der Waals surface area contributed by atoms with E-state index in [1.54, 1.807) is 6.92 Å². The first-order valence-electron chi connectivity index (χ1n) is 5.10. The molecule has 1 aromatic carbocycles. The molecule has 0 bridgehead atoms. The fourth-order valence-electron chi connectivity index (χ4n) is 1.35. The molecule has 0 spiro atoms. The molecule has 0 amide bonds. The fraction of sp³-hybridized carbons (Fsp3) is 0.385. The highest BCUT2D eigenvalue weighted by atomic mass is 16.5. The first-order valence-corrected chi connectivity index (χ1v) is 5.10. The number of aliphatic hydroxyl groups is 1. The van der Waals surface area contributed by atoms with E-state index in [2.05, 4.69) is 6.58 Å². The van der Waals surface area contributed by atoms with Crippen LogP contribution < -0.4 is 0 Å². The number of hydrogen-bond donors (Lipinski definition) is 1. The Morgan fingerprint density at radius 1 is 1.40 bits per heavy atom. The maximum absolute atomic E-state index is 10.3. The summed E-state index contributed by atoms with van der Waals surface area (Å²) in [5, 5.41) is 10.3. The zero-order valence-corrected chi connectivity index (χ0v) is 9.58. The molecule has 0 aliphatic heterocycles. The smallest absolute Gasteiger partial charge is 0.143 e. The van der Waals surface area contributed by atoms with E-state index in [9.17, 15) is 5.11 Å². The van der Waals surface area contributed by atoms with Crippen LogP contribution in [0.4, 0.5) is 0 Å². The first kappa shape index (κ1) is 11.8. The fourth-order valence-corrected chi connectivity index (χ4v) is 1.35. The summed E-state index contributed by atoms with van der Waals surface area (Å²) in [5.41, 5.74) is 0.840. The molecule has 1 rings (SSSR count). The zero-order chi connectivity index (χ0) is 11.5. The standard InChI is InChI=1S/C13H18O2/c1-5-15-11(3)13(4,14)12-8-6-10(2)7-9-12/h6-9,14H,3,5H2,1-2,4H3. The molecule has 0 aliphatic rings. The quantitative estimate of drug-likeness (QED) is 0.767. The van der Waals surface area contributed by atoms with Crippen molar-refractivity contribution in [2.24, 2.45) is 0 Å². The monoisotopic (exact) mass is 206 g/mol. The second-order valence-electron chi connectivity index (χ2n) is 3.79. The van der Waals surface area contributed by atoms with Crippen molar-refractivity contribution in [3.05, 3.63) is 47.7 Å². The van der Waals surface area contributed by atoms with Gasteiger partial charge in [0.15, 0.2) is 0 Å². The molecule has 0 saturated heterocycles. The lowest BCUT2D eigenvalue weighted by Gasteiger charge is -2.26. The summed E-state index contributed by atoms with van der Waals surface area (Å²) in [6.45, 7) is 9.83. The average Bonchev–Trinajstić information content (AvgIpc) is 2.18. The average molecular weight is 206 g/mol. The van der Waals surface area contributed by atoms with Gasteiger partial charge in [-0.1, -0.05) is 36.4 Å². The van der Waals surface area contributed by atoms with Gasteiger partial charge in [0.25, 0.3) is 0 Å². The van der Waals surface area contributed by atoms with E-state index < -0.39 is 5.60 Å². The summed E-state index contributed by atoms with van der Waals surface area (Å²) in [5.74, 6) is 0.383. The predicted octanol–water partition coefficient (Wildman–Crippen LogP) is 2.75. The van der Waals surface area contributed by atoms with Gasteiger partial charge in [-0.3, -0.25) is 0 Å². The van der Waals surface area contributed by atoms with Crippen LogP contribution in [0.2, 0.25) is 0 Å². The summed E-state index contributed by atoms with van der Waals surface area (Å²) in [4.78, 5) is 0. The number of hydrogen-bond acceptors (Lipinski definition) is 2. The molecule has 0 saturated carbocycles. The lowest BCUT2D eigenvalue weighted by molar-refractivity contribution is 0.0255. The Morgan fingerprint density at radius 3 is 2.40 bits per heavy atom. The Labute approximate surface area is 91.2 Å². The summed E-state index contributed by atoms with van der Waals surface area (Å²) in [6, 6.07) is 7.70. The van der Waals surface area contributed by atoms with E-state index in [4.69, 9.17) is 4.74 Å². The largest absolute Gasteiger partial charge is 0.495 e. The number of benzene rings is 1. The van der Waals surface area contributed by atoms with Gasteiger partial charge in [-0.05, 0) is 26.3 Å². The van der Waals surface area contributed by atoms with Gasteiger partial charge in [-0.2, -0.15) is 0 Å². The Balaban J connectivity index is 2.94. The van der Waals surface area contributed by atoms with E-state index in [1.165, 1.54) is 0 Å². The molecule has 2 heteroatoms. The molecule has 0 radical (unpaired) electrons. The number of aryl methyl sites for hydroxylation is 1. The third kappa shape index (κ3) is 2.60. The van der Waals surface area contributed by atoms with Crippen molar-refractivity contribution in [1.82, 2.24) is 0 Å². The van der Waals surface area contributed by atoms with Crippen LogP contribution in [0.3, 0.4) is 0 Å². The van der Waals surface area contributed by atoms with Crippen LogP contribution in [0.15, 0.2) is 36.6 Å².